The molecule has 2 amide bonds. The fraction of sp³-hybridized carbons (Fsp3) is 0.615. The van der Waals surface area contributed by atoms with Crippen molar-refractivity contribution in [1.82, 2.24) is 10.6 Å². The van der Waals surface area contributed by atoms with Crippen molar-refractivity contribution in [2.45, 2.75) is 44.9 Å². The molecule has 0 saturated carbocycles. The maximum atomic E-state index is 12.2. The number of hydrogen-bond acceptors (Lipinski definition) is 5. The third kappa shape index (κ3) is 5.19. The van der Waals surface area contributed by atoms with Gasteiger partial charge in [0.1, 0.15) is 0 Å². The van der Waals surface area contributed by atoms with Gasteiger partial charge >= 0.3 is 5.97 Å². The molecule has 0 fully saturated rings. The highest BCUT2D eigenvalue weighted by atomic mass is 16.5. The predicted octanol–water partition coefficient (Wildman–Crippen LogP) is 0.454. The Balaban J connectivity index is 3.08. The topological polar surface area (TPSA) is 153 Å². The average molecular weight is 325 g/mol. The molecule has 10 nitrogen and oxygen atoms in total. The van der Waals surface area contributed by atoms with E-state index in [9.17, 15) is 14.4 Å². The largest absolute Gasteiger partial charge is 0.475 e. The summed E-state index contributed by atoms with van der Waals surface area (Å²) in [6, 6.07) is -2.04. The molecule has 1 rings (SSSR count). The van der Waals surface area contributed by atoms with Crippen LogP contribution >= 0.6 is 0 Å². The molecule has 0 aromatic heterocycles. The van der Waals surface area contributed by atoms with Gasteiger partial charge in [-0.25, -0.2) is 4.79 Å². The summed E-state index contributed by atoms with van der Waals surface area (Å²) in [5.74, 6) is -2.94. The van der Waals surface area contributed by atoms with Crippen molar-refractivity contribution in [3.8, 4) is 0 Å². The second-order valence-corrected chi connectivity index (χ2v) is 4.94. The molecule has 10 heteroatoms. The molecule has 0 spiro atoms. The minimum atomic E-state index is -1.39. The van der Waals surface area contributed by atoms with E-state index in [1.54, 1.807) is 0 Å². The van der Waals surface area contributed by atoms with E-state index in [1.165, 1.54) is 6.92 Å². The van der Waals surface area contributed by atoms with Gasteiger partial charge in [-0.2, -0.15) is 0 Å². The van der Waals surface area contributed by atoms with Crippen molar-refractivity contribution < 1.29 is 24.2 Å². The van der Waals surface area contributed by atoms with Crippen molar-refractivity contribution in [1.29, 1.82) is 0 Å². The number of carbonyl (C=O) groups excluding carboxylic acids is 2. The summed E-state index contributed by atoms with van der Waals surface area (Å²) in [7, 11) is 0. The Bertz CT molecular complexity index is 555. The number of rotatable bonds is 7. The number of ether oxygens (including phenoxy) is 1. The van der Waals surface area contributed by atoms with Crippen LogP contribution in [0.2, 0.25) is 0 Å². The lowest BCUT2D eigenvalue weighted by atomic mass is 9.98. The van der Waals surface area contributed by atoms with Gasteiger partial charge in [-0.15, -0.1) is 0 Å². The summed E-state index contributed by atoms with van der Waals surface area (Å²) in [5.41, 5.74) is 8.62. The molecule has 126 valence electrons. The quantitative estimate of drug-likeness (QED) is 0.268. The van der Waals surface area contributed by atoms with Crippen LogP contribution in [-0.2, 0) is 19.1 Å². The van der Waals surface area contributed by atoms with Crippen LogP contribution in [0.1, 0.15) is 26.7 Å². The standard InChI is InChI=1S/C13H19N5O5/c1-3-4-5-15-12(20)11-10(16-7(2)19)8(17-18-14)6-9(23-11)13(21)22/h6,8,10-11H,3-5H2,1-2H3,(H,15,20)(H,16,19)(H,21,22)/t8-,10+,11+/m0/s1. The number of carbonyl (C=O) groups is 3. The highest BCUT2D eigenvalue weighted by molar-refractivity contribution is 5.88. The van der Waals surface area contributed by atoms with Gasteiger partial charge in [0.15, 0.2) is 6.10 Å². The minimum absolute atomic E-state index is 0.389. The number of nitrogens with zero attached hydrogens (tertiary/aromatic N) is 3. The molecule has 0 saturated heterocycles. The Morgan fingerprint density at radius 1 is 1.48 bits per heavy atom. The third-order valence-corrected chi connectivity index (χ3v) is 3.12. The van der Waals surface area contributed by atoms with Crippen LogP contribution in [0.15, 0.2) is 16.9 Å². The van der Waals surface area contributed by atoms with Crippen LogP contribution in [0.25, 0.3) is 10.4 Å². The highest BCUT2D eigenvalue weighted by Crippen LogP contribution is 2.21. The van der Waals surface area contributed by atoms with Crippen molar-refractivity contribution in [3.63, 3.8) is 0 Å². The zero-order valence-electron chi connectivity index (χ0n) is 12.9. The monoisotopic (exact) mass is 325 g/mol. The van der Waals surface area contributed by atoms with Crippen molar-refractivity contribution in [2.75, 3.05) is 6.54 Å². The van der Waals surface area contributed by atoms with E-state index < -0.39 is 41.7 Å². The third-order valence-electron chi connectivity index (χ3n) is 3.12. The van der Waals surface area contributed by atoms with Crippen molar-refractivity contribution in [2.24, 2.45) is 5.11 Å². The van der Waals surface area contributed by atoms with E-state index in [0.29, 0.717) is 6.54 Å². The van der Waals surface area contributed by atoms with Crippen LogP contribution in [0.3, 0.4) is 0 Å². The van der Waals surface area contributed by atoms with Gasteiger partial charge in [-0.05, 0) is 18.0 Å². The van der Waals surface area contributed by atoms with Crippen LogP contribution < -0.4 is 10.6 Å². The van der Waals surface area contributed by atoms with Crippen LogP contribution in [0.4, 0.5) is 0 Å². The number of carboxylic acid groups (broad SMARTS) is 1. The molecular formula is C13H19N5O5. The number of carboxylic acids is 1. The summed E-state index contributed by atoms with van der Waals surface area (Å²) >= 11 is 0. The zero-order valence-corrected chi connectivity index (χ0v) is 12.9. The Hall–Kier alpha value is -2.74. The van der Waals surface area contributed by atoms with E-state index in [0.717, 1.165) is 18.9 Å². The predicted molar refractivity (Wildman–Crippen MR) is 79.0 cm³/mol. The van der Waals surface area contributed by atoms with Crippen molar-refractivity contribution >= 4 is 17.8 Å². The molecule has 1 aliphatic rings. The van der Waals surface area contributed by atoms with Gasteiger partial charge in [0.2, 0.25) is 11.7 Å². The van der Waals surface area contributed by atoms with Crippen molar-refractivity contribution in [3.05, 3.63) is 22.3 Å². The molecule has 0 aliphatic carbocycles. The molecule has 23 heavy (non-hydrogen) atoms. The minimum Gasteiger partial charge on any atom is -0.475 e. The van der Waals surface area contributed by atoms with E-state index in [2.05, 4.69) is 20.7 Å². The van der Waals surface area contributed by atoms with Gasteiger partial charge in [0.05, 0.1) is 12.1 Å². The SMILES string of the molecule is CCCCNC(=O)[C@@H]1OC(C(=O)O)=C[C@H](N=[N+]=[N-])[C@H]1NC(C)=O. The molecule has 3 N–H and O–H groups in total. The van der Waals surface area contributed by atoms with E-state index in [4.69, 9.17) is 15.4 Å². The fourth-order valence-corrected chi connectivity index (χ4v) is 2.08. The number of amides is 2. The number of aliphatic carboxylic acids is 1. The number of hydrogen-bond donors (Lipinski definition) is 3. The maximum Gasteiger partial charge on any atom is 0.370 e. The molecular weight excluding hydrogens is 306 g/mol. The fourth-order valence-electron chi connectivity index (χ4n) is 2.08. The summed E-state index contributed by atoms with van der Waals surface area (Å²) in [5, 5.41) is 17.6. The molecule has 0 aromatic rings. The van der Waals surface area contributed by atoms with Gasteiger partial charge in [-0.1, -0.05) is 18.5 Å². The molecule has 0 aromatic carbocycles. The highest BCUT2D eigenvalue weighted by Gasteiger charge is 2.41. The Kier molecular flexibility index (Phi) is 6.88. The zero-order chi connectivity index (χ0) is 17.4. The van der Waals surface area contributed by atoms with Crippen LogP contribution in [-0.4, -0.2) is 47.6 Å². The van der Waals surface area contributed by atoms with Gasteiger partial charge in [0, 0.05) is 18.4 Å². The molecule has 1 aliphatic heterocycles. The molecule has 0 radical (unpaired) electrons. The lowest BCUT2D eigenvalue weighted by Gasteiger charge is -2.33. The normalized spacial score (nSPS) is 22.9. The molecule has 0 bridgehead atoms. The first-order chi connectivity index (χ1) is 10.9. The lowest BCUT2D eigenvalue weighted by Crippen LogP contribution is -2.58. The van der Waals surface area contributed by atoms with Gasteiger partial charge in [-0.3, -0.25) is 9.59 Å². The first kappa shape index (κ1) is 18.3. The first-order valence-electron chi connectivity index (χ1n) is 7.11. The Morgan fingerprint density at radius 3 is 2.70 bits per heavy atom. The maximum absolute atomic E-state index is 12.2. The smallest absolute Gasteiger partial charge is 0.370 e. The second kappa shape index (κ2) is 8.64. The number of azide groups is 1. The Labute approximate surface area is 132 Å². The van der Waals surface area contributed by atoms with E-state index in [-0.39, 0.29) is 0 Å². The Morgan fingerprint density at radius 2 is 2.17 bits per heavy atom. The lowest BCUT2D eigenvalue weighted by molar-refractivity contribution is -0.143. The average Bonchev–Trinajstić information content (AvgIpc) is 2.48. The second-order valence-electron chi connectivity index (χ2n) is 4.94. The molecule has 3 atom stereocenters. The molecule has 1 heterocycles. The van der Waals surface area contributed by atoms with E-state index >= 15 is 0 Å². The number of nitrogens with one attached hydrogen (secondary N) is 2. The molecule has 0 unspecified atom stereocenters. The first-order valence-corrected chi connectivity index (χ1v) is 7.11. The van der Waals surface area contributed by atoms with E-state index in [1.807, 2.05) is 6.92 Å². The van der Waals surface area contributed by atoms with Crippen LogP contribution in [0, 0.1) is 0 Å². The van der Waals surface area contributed by atoms with Crippen LogP contribution in [0.5, 0.6) is 0 Å². The number of unbranched alkanes of at least 4 members (excludes halogenated alkanes) is 1. The summed E-state index contributed by atoms with van der Waals surface area (Å²) < 4.78 is 5.18. The summed E-state index contributed by atoms with van der Waals surface area (Å²) in [4.78, 5) is 37.3. The summed E-state index contributed by atoms with van der Waals surface area (Å²) in [6.07, 6.45) is 1.37. The van der Waals surface area contributed by atoms with Gasteiger partial charge in [0.25, 0.3) is 5.91 Å². The summed E-state index contributed by atoms with van der Waals surface area (Å²) in [6.45, 7) is 3.57. The van der Waals surface area contributed by atoms with Gasteiger partial charge < -0.3 is 20.5 Å².